The van der Waals surface area contributed by atoms with Gasteiger partial charge in [0.15, 0.2) is 0 Å². The molecule has 1 aliphatic heterocycles. The van der Waals surface area contributed by atoms with Crippen molar-refractivity contribution < 1.29 is 4.74 Å². The summed E-state index contributed by atoms with van der Waals surface area (Å²) in [5.41, 5.74) is 3.98. The number of ether oxygens (including phenoxy) is 1. The van der Waals surface area contributed by atoms with Crippen molar-refractivity contribution in [1.29, 1.82) is 0 Å². The van der Waals surface area contributed by atoms with Gasteiger partial charge in [-0.2, -0.15) is 0 Å². The van der Waals surface area contributed by atoms with Crippen LogP contribution in [0, 0.1) is 13.8 Å². The van der Waals surface area contributed by atoms with Crippen LogP contribution in [0.25, 0.3) is 0 Å². The van der Waals surface area contributed by atoms with Crippen molar-refractivity contribution >= 4 is 0 Å². The topological polar surface area (TPSA) is 24.5 Å². The lowest BCUT2D eigenvalue weighted by atomic mass is 10.0. The summed E-state index contributed by atoms with van der Waals surface area (Å²) in [6.07, 6.45) is 0. The van der Waals surface area contributed by atoms with Gasteiger partial charge in [-0.3, -0.25) is 4.90 Å². The molecule has 1 aromatic carbocycles. The number of piperazine rings is 1. The van der Waals surface area contributed by atoms with Crippen LogP contribution in [0.4, 0.5) is 0 Å². The average Bonchev–Trinajstić information content (AvgIpc) is 2.37. The molecule has 1 heterocycles. The fourth-order valence-electron chi connectivity index (χ4n) is 2.37. The number of hydrogen-bond donors (Lipinski definition) is 1. The summed E-state index contributed by atoms with van der Waals surface area (Å²) in [6, 6.07) is 4.46. The van der Waals surface area contributed by atoms with Crippen molar-refractivity contribution in [2.24, 2.45) is 0 Å². The molecule has 1 saturated heterocycles. The summed E-state index contributed by atoms with van der Waals surface area (Å²) in [5.74, 6) is 1.05. The molecule has 2 rings (SSSR count). The Hall–Kier alpha value is -1.06. The molecule has 0 aliphatic carbocycles. The summed E-state index contributed by atoms with van der Waals surface area (Å²) in [7, 11) is 0. The number of benzene rings is 1. The van der Waals surface area contributed by atoms with E-state index >= 15 is 0 Å². The van der Waals surface area contributed by atoms with Crippen LogP contribution in [-0.4, -0.2) is 37.7 Å². The number of rotatable bonds is 4. The van der Waals surface area contributed by atoms with Gasteiger partial charge in [0.25, 0.3) is 0 Å². The van der Waals surface area contributed by atoms with Crippen molar-refractivity contribution in [2.45, 2.75) is 27.3 Å². The third kappa shape index (κ3) is 3.24. The molecular formula is C15H24N2O. The second-order valence-electron chi connectivity index (χ2n) is 5.00. The number of aryl methyl sites for hydroxylation is 2. The number of nitrogens with zero attached hydrogens (tertiary/aromatic N) is 1. The van der Waals surface area contributed by atoms with E-state index in [2.05, 4.69) is 36.2 Å². The first kappa shape index (κ1) is 13.4. The van der Waals surface area contributed by atoms with Crippen LogP contribution in [0.5, 0.6) is 5.75 Å². The van der Waals surface area contributed by atoms with E-state index in [1.165, 1.54) is 16.7 Å². The Kier molecular flexibility index (Phi) is 4.61. The maximum Gasteiger partial charge on any atom is 0.124 e. The Balaban J connectivity index is 2.16. The first-order chi connectivity index (χ1) is 8.70. The molecule has 18 heavy (non-hydrogen) atoms. The van der Waals surface area contributed by atoms with E-state index < -0.39 is 0 Å². The minimum absolute atomic E-state index is 0.733. The van der Waals surface area contributed by atoms with Crippen LogP contribution in [0.15, 0.2) is 12.1 Å². The highest BCUT2D eigenvalue weighted by molar-refractivity contribution is 5.41. The molecular weight excluding hydrogens is 224 g/mol. The lowest BCUT2D eigenvalue weighted by molar-refractivity contribution is 0.228. The molecule has 0 aromatic heterocycles. The van der Waals surface area contributed by atoms with Crippen molar-refractivity contribution in [3.05, 3.63) is 28.8 Å². The predicted molar refractivity (Wildman–Crippen MR) is 75.2 cm³/mol. The molecule has 3 nitrogen and oxygen atoms in total. The zero-order chi connectivity index (χ0) is 13.0. The highest BCUT2D eigenvalue weighted by atomic mass is 16.5. The molecule has 1 aromatic rings. The summed E-state index contributed by atoms with van der Waals surface area (Å²) in [6.45, 7) is 12.5. The molecule has 1 aliphatic rings. The van der Waals surface area contributed by atoms with Gasteiger partial charge in [0.05, 0.1) is 6.61 Å². The van der Waals surface area contributed by atoms with Gasteiger partial charge in [0.2, 0.25) is 0 Å². The van der Waals surface area contributed by atoms with E-state index in [0.29, 0.717) is 0 Å². The normalized spacial score (nSPS) is 16.8. The minimum atomic E-state index is 0.733. The molecule has 100 valence electrons. The van der Waals surface area contributed by atoms with Gasteiger partial charge in [-0.25, -0.2) is 0 Å². The van der Waals surface area contributed by atoms with Gasteiger partial charge in [0, 0.05) is 38.3 Å². The van der Waals surface area contributed by atoms with Crippen LogP contribution in [0.2, 0.25) is 0 Å². The van der Waals surface area contributed by atoms with Crippen LogP contribution < -0.4 is 10.1 Å². The Morgan fingerprint density at radius 2 is 1.83 bits per heavy atom. The van der Waals surface area contributed by atoms with E-state index in [-0.39, 0.29) is 0 Å². The first-order valence-electron chi connectivity index (χ1n) is 6.86. The number of hydrogen-bond acceptors (Lipinski definition) is 3. The zero-order valence-corrected chi connectivity index (χ0v) is 11.8. The third-order valence-corrected chi connectivity index (χ3v) is 3.58. The van der Waals surface area contributed by atoms with Crippen molar-refractivity contribution in [3.63, 3.8) is 0 Å². The summed E-state index contributed by atoms with van der Waals surface area (Å²) in [5, 5.41) is 3.39. The number of nitrogens with one attached hydrogen (secondary N) is 1. The Bertz CT molecular complexity index is 398. The molecule has 0 atom stereocenters. The molecule has 0 amide bonds. The van der Waals surface area contributed by atoms with Crippen molar-refractivity contribution in [2.75, 3.05) is 32.8 Å². The first-order valence-corrected chi connectivity index (χ1v) is 6.86. The second kappa shape index (κ2) is 6.21. The van der Waals surface area contributed by atoms with Gasteiger partial charge >= 0.3 is 0 Å². The van der Waals surface area contributed by atoms with Gasteiger partial charge in [-0.05, 0) is 38.0 Å². The molecule has 0 spiro atoms. The summed E-state index contributed by atoms with van der Waals surface area (Å²) in [4.78, 5) is 2.49. The fraction of sp³-hybridized carbons (Fsp3) is 0.600. The molecule has 0 saturated carbocycles. The standard InChI is InChI=1S/C15H24N2O/c1-4-18-15-10-13(3)12(2)9-14(15)11-17-7-5-16-6-8-17/h9-10,16H,4-8,11H2,1-3H3. The molecule has 1 N–H and O–H groups in total. The van der Waals surface area contributed by atoms with Gasteiger partial charge in [-0.1, -0.05) is 6.07 Å². The molecule has 0 bridgehead atoms. The Morgan fingerprint density at radius 3 is 2.50 bits per heavy atom. The van der Waals surface area contributed by atoms with Crippen LogP contribution >= 0.6 is 0 Å². The van der Waals surface area contributed by atoms with Crippen molar-refractivity contribution in [3.8, 4) is 5.75 Å². The summed E-state index contributed by atoms with van der Waals surface area (Å²) >= 11 is 0. The molecule has 3 heteroatoms. The average molecular weight is 248 g/mol. The highest BCUT2D eigenvalue weighted by Crippen LogP contribution is 2.25. The van der Waals surface area contributed by atoms with Crippen molar-refractivity contribution in [1.82, 2.24) is 10.2 Å². The van der Waals surface area contributed by atoms with Gasteiger partial charge in [-0.15, -0.1) is 0 Å². The lowest BCUT2D eigenvalue weighted by Gasteiger charge is -2.28. The quantitative estimate of drug-likeness (QED) is 0.883. The minimum Gasteiger partial charge on any atom is -0.494 e. The van der Waals surface area contributed by atoms with Gasteiger partial charge in [0.1, 0.15) is 5.75 Å². The van der Waals surface area contributed by atoms with Crippen LogP contribution in [0.1, 0.15) is 23.6 Å². The van der Waals surface area contributed by atoms with Gasteiger partial charge < -0.3 is 10.1 Å². The zero-order valence-electron chi connectivity index (χ0n) is 11.8. The summed E-state index contributed by atoms with van der Waals surface area (Å²) < 4.78 is 5.77. The van der Waals surface area contributed by atoms with E-state index in [1.807, 2.05) is 6.92 Å². The smallest absolute Gasteiger partial charge is 0.124 e. The third-order valence-electron chi connectivity index (χ3n) is 3.58. The van der Waals surface area contributed by atoms with E-state index in [4.69, 9.17) is 4.74 Å². The Labute approximate surface area is 110 Å². The molecule has 0 radical (unpaired) electrons. The van der Waals surface area contributed by atoms with Crippen LogP contribution in [0.3, 0.4) is 0 Å². The van der Waals surface area contributed by atoms with E-state index in [0.717, 1.165) is 45.1 Å². The molecule has 0 unspecified atom stereocenters. The maximum absolute atomic E-state index is 5.77. The second-order valence-corrected chi connectivity index (χ2v) is 5.00. The van der Waals surface area contributed by atoms with Crippen LogP contribution in [-0.2, 0) is 6.54 Å². The largest absolute Gasteiger partial charge is 0.494 e. The lowest BCUT2D eigenvalue weighted by Crippen LogP contribution is -2.42. The van der Waals surface area contributed by atoms with E-state index in [1.54, 1.807) is 0 Å². The molecule has 1 fully saturated rings. The maximum atomic E-state index is 5.77. The van der Waals surface area contributed by atoms with E-state index in [9.17, 15) is 0 Å². The Morgan fingerprint density at radius 1 is 1.17 bits per heavy atom. The monoisotopic (exact) mass is 248 g/mol. The SMILES string of the molecule is CCOc1cc(C)c(C)cc1CN1CCNCC1. The fourth-order valence-corrected chi connectivity index (χ4v) is 2.37. The highest BCUT2D eigenvalue weighted by Gasteiger charge is 2.13. The predicted octanol–water partition coefficient (Wildman–Crippen LogP) is 2.11.